The van der Waals surface area contributed by atoms with Gasteiger partial charge in [-0.25, -0.2) is 4.79 Å². The van der Waals surface area contributed by atoms with Gasteiger partial charge in [-0.2, -0.15) is 0 Å². The topological polar surface area (TPSA) is 236 Å². The van der Waals surface area contributed by atoms with E-state index in [9.17, 15) is 38.4 Å². The first kappa shape index (κ1) is 31.4. The number of imide groups is 1. The Morgan fingerprint density at radius 3 is 1.40 bits per heavy atom. The minimum absolute atomic E-state index is 0.0615. The number of carbonyl (C=O) groups is 8. The fourth-order valence-corrected chi connectivity index (χ4v) is 2.80. The summed E-state index contributed by atoms with van der Waals surface area (Å²) in [5, 5.41) is 34.7. The van der Waals surface area contributed by atoms with E-state index in [1.165, 1.54) is 6.92 Å². The Hall–Kier alpha value is -3.57. The Kier molecular flexibility index (Phi) is 14.5. The number of aliphatic carboxylic acids is 4. The predicted octanol–water partition coefficient (Wildman–Crippen LogP) is -2.20. The maximum absolute atomic E-state index is 11.1. The van der Waals surface area contributed by atoms with Gasteiger partial charge >= 0.3 is 29.8 Å². The molecule has 16 nitrogen and oxygen atoms in total. The first-order valence-corrected chi connectivity index (χ1v) is 10.7. The molecule has 0 atom stereocenters. The van der Waals surface area contributed by atoms with Crippen molar-refractivity contribution >= 4 is 58.5 Å². The number of amides is 2. The van der Waals surface area contributed by atoms with E-state index < -0.39 is 67.8 Å². The molecule has 0 aromatic heterocycles. The molecule has 0 aromatic rings. The van der Waals surface area contributed by atoms with Crippen molar-refractivity contribution in [3.05, 3.63) is 0 Å². The maximum atomic E-state index is 11.1. The highest BCUT2D eigenvalue weighted by molar-refractivity contribution is 8.14. The van der Waals surface area contributed by atoms with Gasteiger partial charge in [0, 0.05) is 32.9 Å². The van der Waals surface area contributed by atoms with Crippen LogP contribution in [0.15, 0.2) is 0 Å². The largest absolute Gasteiger partial charge is 0.480 e. The molecule has 1 rings (SSSR count). The second kappa shape index (κ2) is 16.1. The highest BCUT2D eigenvalue weighted by atomic mass is 32.2. The lowest BCUT2D eigenvalue weighted by Crippen LogP contribution is -2.43. The van der Waals surface area contributed by atoms with Crippen molar-refractivity contribution < 1.29 is 63.6 Å². The molecule has 0 bridgehead atoms. The molecule has 17 heteroatoms. The monoisotopic (exact) mass is 523 g/mol. The number of nitrogens with zero attached hydrogens (tertiary/aromatic N) is 3. The molecule has 1 saturated heterocycles. The average molecular weight is 523 g/mol. The molecule has 0 aliphatic carbocycles. The third-order valence-corrected chi connectivity index (χ3v) is 4.55. The molecule has 1 heterocycles. The summed E-state index contributed by atoms with van der Waals surface area (Å²) in [6, 6.07) is 0. The highest BCUT2D eigenvalue weighted by Gasteiger charge is 2.32. The number of hydroxylamine groups is 2. The first-order valence-electron chi connectivity index (χ1n) is 9.73. The van der Waals surface area contributed by atoms with Gasteiger partial charge in [0.25, 0.3) is 11.8 Å². The van der Waals surface area contributed by atoms with Gasteiger partial charge in [-0.15, -0.1) is 5.06 Å². The Morgan fingerprint density at radius 1 is 0.771 bits per heavy atom. The lowest BCUT2D eigenvalue weighted by Gasteiger charge is -2.23. The number of carbonyl (C=O) groups excluding carboxylic acids is 4. The fourth-order valence-electron chi connectivity index (χ4n) is 2.42. The zero-order chi connectivity index (χ0) is 27.1. The molecule has 0 aromatic carbocycles. The summed E-state index contributed by atoms with van der Waals surface area (Å²) in [4.78, 5) is 92.5. The van der Waals surface area contributed by atoms with Gasteiger partial charge in [-0.05, 0) is 0 Å². The van der Waals surface area contributed by atoms with Crippen LogP contribution in [0.3, 0.4) is 0 Å². The Balaban J connectivity index is 0.000000686. The van der Waals surface area contributed by atoms with E-state index in [1.54, 1.807) is 0 Å². The van der Waals surface area contributed by atoms with E-state index >= 15 is 0 Å². The van der Waals surface area contributed by atoms with E-state index in [4.69, 9.17) is 20.4 Å². The molecule has 196 valence electrons. The molecule has 1 aliphatic heterocycles. The molecule has 2 amide bonds. The number of carboxylic acids is 4. The van der Waals surface area contributed by atoms with Crippen molar-refractivity contribution in [2.75, 3.05) is 45.0 Å². The Labute approximate surface area is 202 Å². The summed E-state index contributed by atoms with van der Waals surface area (Å²) in [6.07, 6.45) is 0.123. The first-order chi connectivity index (χ1) is 16.2. The molecule has 0 radical (unpaired) electrons. The standard InChI is InChI=1S/C10H16N2O8.C8H9NO5S/c13-7(14)3-11(4-8(15)16)1-2-12(5-9(17)18)6-10(19)20;1-5(10)15-4-8(13)14-9-6(11)2-3-7(9)12/h1-6H2,(H,13,14)(H,15,16)(H,17,18)(H,19,20);2-4H2,1H3. The predicted molar refractivity (Wildman–Crippen MR) is 114 cm³/mol. The normalized spacial score (nSPS) is 12.8. The van der Waals surface area contributed by atoms with E-state index in [0.717, 1.165) is 21.6 Å². The van der Waals surface area contributed by atoms with Crippen LogP contribution >= 0.6 is 11.8 Å². The second-order valence-corrected chi connectivity index (χ2v) is 7.97. The summed E-state index contributed by atoms with van der Waals surface area (Å²) < 4.78 is 0. The van der Waals surface area contributed by atoms with Crippen LogP contribution < -0.4 is 0 Å². The number of hydrogen-bond acceptors (Lipinski definition) is 12. The summed E-state index contributed by atoms with van der Waals surface area (Å²) in [5.41, 5.74) is 0. The molecular weight excluding hydrogens is 498 g/mol. The van der Waals surface area contributed by atoms with Crippen LogP contribution in [0.4, 0.5) is 0 Å². The Bertz CT molecular complexity index is 764. The Morgan fingerprint density at radius 2 is 1.11 bits per heavy atom. The maximum Gasteiger partial charge on any atom is 0.343 e. The minimum atomic E-state index is -1.23. The number of hydrogen-bond donors (Lipinski definition) is 4. The van der Waals surface area contributed by atoms with E-state index in [-0.39, 0.29) is 36.8 Å². The highest BCUT2D eigenvalue weighted by Crippen LogP contribution is 2.13. The van der Waals surface area contributed by atoms with Gasteiger partial charge in [-0.1, -0.05) is 11.8 Å². The molecule has 1 aliphatic rings. The SMILES string of the molecule is CC(=O)SCC(=O)ON1C(=O)CCC1=O.O=C(O)CN(CCN(CC(=O)O)CC(=O)O)CC(=O)O. The molecular formula is C18H25N3O13S. The van der Waals surface area contributed by atoms with Crippen molar-refractivity contribution in [3.63, 3.8) is 0 Å². The smallest absolute Gasteiger partial charge is 0.343 e. The van der Waals surface area contributed by atoms with Gasteiger partial charge in [0.15, 0.2) is 5.12 Å². The van der Waals surface area contributed by atoms with E-state index in [2.05, 4.69) is 4.84 Å². The quantitative estimate of drug-likeness (QED) is 0.177. The molecule has 1 fully saturated rings. The third-order valence-electron chi connectivity index (χ3n) is 3.76. The summed E-state index contributed by atoms with van der Waals surface area (Å²) in [5.74, 6) is -6.94. The van der Waals surface area contributed by atoms with Gasteiger partial charge in [-0.3, -0.25) is 43.4 Å². The fraction of sp³-hybridized carbons (Fsp3) is 0.556. The molecule has 4 N–H and O–H groups in total. The zero-order valence-electron chi connectivity index (χ0n) is 18.6. The number of rotatable bonds is 14. The lowest BCUT2D eigenvalue weighted by molar-refractivity contribution is -0.195. The van der Waals surface area contributed by atoms with Gasteiger partial charge < -0.3 is 25.3 Å². The average Bonchev–Trinajstić information content (AvgIpc) is 3.01. The van der Waals surface area contributed by atoms with Crippen LogP contribution in [-0.2, 0) is 43.2 Å². The lowest BCUT2D eigenvalue weighted by atomic mass is 10.4. The van der Waals surface area contributed by atoms with Crippen LogP contribution in [-0.4, -0.2) is 127 Å². The molecule has 0 spiro atoms. The minimum Gasteiger partial charge on any atom is -0.480 e. The van der Waals surface area contributed by atoms with Crippen LogP contribution in [0.2, 0.25) is 0 Å². The van der Waals surface area contributed by atoms with Crippen molar-refractivity contribution in [3.8, 4) is 0 Å². The van der Waals surface area contributed by atoms with Crippen molar-refractivity contribution in [1.29, 1.82) is 0 Å². The van der Waals surface area contributed by atoms with Crippen LogP contribution in [0.5, 0.6) is 0 Å². The van der Waals surface area contributed by atoms with Crippen LogP contribution in [0.25, 0.3) is 0 Å². The summed E-state index contributed by atoms with van der Waals surface area (Å²) >= 11 is 0.762. The van der Waals surface area contributed by atoms with Gasteiger partial charge in [0.2, 0.25) is 0 Å². The summed E-state index contributed by atoms with van der Waals surface area (Å²) in [7, 11) is 0. The summed E-state index contributed by atoms with van der Waals surface area (Å²) in [6.45, 7) is -0.941. The molecule has 35 heavy (non-hydrogen) atoms. The van der Waals surface area contributed by atoms with Crippen molar-refractivity contribution in [1.82, 2.24) is 14.9 Å². The van der Waals surface area contributed by atoms with E-state index in [0.29, 0.717) is 5.06 Å². The van der Waals surface area contributed by atoms with E-state index in [1.807, 2.05) is 0 Å². The zero-order valence-corrected chi connectivity index (χ0v) is 19.4. The van der Waals surface area contributed by atoms with Gasteiger partial charge in [0.05, 0.1) is 26.2 Å². The number of carboxylic acid groups (broad SMARTS) is 4. The molecule has 0 unspecified atom stereocenters. The van der Waals surface area contributed by atoms with Crippen molar-refractivity contribution in [2.45, 2.75) is 19.8 Å². The third kappa shape index (κ3) is 15.8. The molecule has 0 saturated carbocycles. The van der Waals surface area contributed by atoms with Crippen LogP contribution in [0.1, 0.15) is 19.8 Å². The van der Waals surface area contributed by atoms with Crippen molar-refractivity contribution in [2.24, 2.45) is 0 Å². The number of thioether (sulfide) groups is 1. The van der Waals surface area contributed by atoms with Crippen LogP contribution in [0, 0.1) is 0 Å². The van der Waals surface area contributed by atoms with Gasteiger partial charge in [0.1, 0.15) is 5.75 Å². The second-order valence-electron chi connectivity index (χ2n) is 6.82.